The van der Waals surface area contributed by atoms with Crippen molar-refractivity contribution in [2.75, 3.05) is 0 Å². The number of rotatable bonds is 2. The molecule has 0 bridgehead atoms. The van der Waals surface area contributed by atoms with Crippen LogP contribution in [0.4, 0.5) is 0 Å². The van der Waals surface area contributed by atoms with Gasteiger partial charge in [0, 0.05) is 12.4 Å². The van der Waals surface area contributed by atoms with Crippen LogP contribution in [0.5, 0.6) is 0 Å². The van der Waals surface area contributed by atoms with Gasteiger partial charge in [-0.2, -0.15) is 0 Å². The summed E-state index contributed by atoms with van der Waals surface area (Å²) < 4.78 is 0. The maximum atomic E-state index is 5.41. The van der Waals surface area contributed by atoms with E-state index in [2.05, 4.69) is 32.3 Å². The Morgan fingerprint density at radius 1 is 1.45 bits per heavy atom. The van der Waals surface area contributed by atoms with Crippen LogP contribution in [-0.2, 0) is 0 Å². The molecule has 0 rings (SSSR count). The molecule has 0 saturated carbocycles. The van der Waals surface area contributed by atoms with Crippen molar-refractivity contribution in [1.29, 1.82) is 0 Å². The van der Waals surface area contributed by atoms with Gasteiger partial charge in [0.05, 0.1) is 0 Å². The molecule has 11 heavy (non-hydrogen) atoms. The molecule has 0 aliphatic carbocycles. The number of aliphatic imine (C=N–C) groups is 1. The number of nitrogens with zero attached hydrogens (tertiary/aromatic N) is 1. The minimum atomic E-state index is 0.0568. The summed E-state index contributed by atoms with van der Waals surface area (Å²) in [4.78, 5) is 3.90. The van der Waals surface area contributed by atoms with Crippen molar-refractivity contribution in [3.63, 3.8) is 0 Å². The smallest absolute Gasteiger partial charge is 0.0319 e. The molecule has 0 spiro atoms. The quantitative estimate of drug-likeness (QED) is 0.604. The average molecular weight is 152 g/mol. The summed E-state index contributed by atoms with van der Waals surface area (Å²) in [5.74, 6) is 0. The first-order chi connectivity index (χ1) is 5.02. The van der Waals surface area contributed by atoms with E-state index in [1.165, 1.54) is 6.20 Å². The van der Waals surface area contributed by atoms with E-state index in [4.69, 9.17) is 5.73 Å². The first-order valence-corrected chi connectivity index (χ1v) is 3.59. The summed E-state index contributed by atoms with van der Waals surface area (Å²) in [5.41, 5.74) is 6.48. The molecule has 2 nitrogen and oxygen atoms in total. The fourth-order valence-corrected chi connectivity index (χ4v) is 0.620. The van der Waals surface area contributed by atoms with Gasteiger partial charge >= 0.3 is 0 Å². The second-order valence-electron chi connectivity index (χ2n) is 3.33. The zero-order valence-electron chi connectivity index (χ0n) is 7.46. The van der Waals surface area contributed by atoms with Crippen molar-refractivity contribution in [2.45, 2.75) is 20.8 Å². The van der Waals surface area contributed by atoms with Gasteiger partial charge in [-0.3, -0.25) is 4.99 Å². The first-order valence-electron chi connectivity index (χ1n) is 3.59. The fraction of sp³-hybridized carbons (Fsp3) is 0.444. The molecule has 0 fully saturated rings. The zero-order chi connectivity index (χ0) is 8.91. The Labute approximate surface area is 68.5 Å². The molecule has 0 amide bonds. The maximum Gasteiger partial charge on any atom is 0.0319 e. The fourth-order valence-electron chi connectivity index (χ4n) is 0.620. The molecule has 0 unspecified atom stereocenters. The first kappa shape index (κ1) is 9.95. The number of hydrogen-bond donors (Lipinski definition) is 1. The number of hydrogen-bond acceptors (Lipinski definition) is 2. The molecule has 0 aromatic rings. The van der Waals surface area contributed by atoms with E-state index in [-0.39, 0.29) is 5.41 Å². The maximum absolute atomic E-state index is 5.41. The molecule has 0 atom stereocenters. The van der Waals surface area contributed by atoms with Crippen molar-refractivity contribution >= 4 is 6.21 Å². The topological polar surface area (TPSA) is 38.4 Å². The van der Waals surface area contributed by atoms with Crippen LogP contribution in [0.15, 0.2) is 29.5 Å². The lowest BCUT2D eigenvalue weighted by Gasteiger charge is -2.18. The monoisotopic (exact) mass is 152 g/mol. The third-order valence-corrected chi connectivity index (χ3v) is 1.36. The van der Waals surface area contributed by atoms with Crippen molar-refractivity contribution in [1.82, 2.24) is 0 Å². The van der Waals surface area contributed by atoms with Gasteiger partial charge in [0.15, 0.2) is 0 Å². The van der Waals surface area contributed by atoms with Gasteiger partial charge in [-0.15, -0.1) is 0 Å². The Hall–Kier alpha value is -1.05. The van der Waals surface area contributed by atoms with E-state index in [0.29, 0.717) is 0 Å². The Kier molecular flexibility index (Phi) is 3.58. The van der Waals surface area contributed by atoms with Gasteiger partial charge in [-0.1, -0.05) is 27.4 Å². The molecule has 0 aromatic heterocycles. The van der Waals surface area contributed by atoms with Crippen LogP contribution in [0.2, 0.25) is 0 Å². The summed E-state index contributed by atoms with van der Waals surface area (Å²) in [6.07, 6.45) is 4.80. The van der Waals surface area contributed by atoms with Crippen LogP contribution in [0.3, 0.4) is 0 Å². The molecule has 62 valence electrons. The Balaban J connectivity index is 4.45. The molecule has 0 aliphatic rings. The lowest BCUT2D eigenvalue weighted by atomic mass is 9.88. The molecule has 2 N–H and O–H groups in total. The molecule has 2 heteroatoms. The zero-order valence-corrected chi connectivity index (χ0v) is 7.46. The SMILES string of the molecule is C=C/N=C\C(=C/N)C(C)(C)C. The molecular formula is C9H16N2. The minimum absolute atomic E-state index is 0.0568. The third kappa shape index (κ3) is 3.61. The largest absolute Gasteiger partial charge is 0.404 e. The van der Waals surface area contributed by atoms with Gasteiger partial charge in [-0.05, 0) is 17.2 Å². The average Bonchev–Trinajstić information content (AvgIpc) is 1.87. The summed E-state index contributed by atoms with van der Waals surface area (Å²) >= 11 is 0. The molecule has 0 aromatic carbocycles. The Morgan fingerprint density at radius 2 is 2.00 bits per heavy atom. The van der Waals surface area contributed by atoms with Crippen LogP contribution >= 0.6 is 0 Å². The highest BCUT2D eigenvalue weighted by atomic mass is 14.7. The third-order valence-electron chi connectivity index (χ3n) is 1.36. The highest BCUT2D eigenvalue weighted by Crippen LogP contribution is 2.22. The van der Waals surface area contributed by atoms with Gasteiger partial charge in [-0.25, -0.2) is 0 Å². The molecule has 0 radical (unpaired) electrons. The van der Waals surface area contributed by atoms with Crippen LogP contribution in [0, 0.1) is 5.41 Å². The Morgan fingerprint density at radius 3 is 2.27 bits per heavy atom. The minimum Gasteiger partial charge on any atom is -0.404 e. The van der Waals surface area contributed by atoms with E-state index in [1.54, 1.807) is 12.4 Å². The summed E-state index contributed by atoms with van der Waals surface area (Å²) in [6.45, 7) is 9.74. The van der Waals surface area contributed by atoms with E-state index in [9.17, 15) is 0 Å². The number of allylic oxidation sites excluding steroid dienone is 1. The normalized spacial score (nSPS) is 13.9. The number of nitrogens with two attached hydrogens (primary N) is 1. The van der Waals surface area contributed by atoms with Gasteiger partial charge in [0.1, 0.15) is 0 Å². The standard InChI is InChI=1S/C9H16N2/c1-5-11-7-8(6-10)9(2,3)4/h5-7H,1,10H2,2-4H3/b8-6+,11-7-. The van der Waals surface area contributed by atoms with E-state index in [1.807, 2.05) is 0 Å². The second-order valence-corrected chi connectivity index (χ2v) is 3.33. The van der Waals surface area contributed by atoms with Crippen LogP contribution in [-0.4, -0.2) is 6.21 Å². The molecule has 0 heterocycles. The highest BCUT2D eigenvalue weighted by molar-refractivity contribution is 5.80. The van der Waals surface area contributed by atoms with Gasteiger partial charge in [0.25, 0.3) is 0 Å². The summed E-state index contributed by atoms with van der Waals surface area (Å²) in [5, 5.41) is 0. The molecule has 0 saturated heterocycles. The van der Waals surface area contributed by atoms with Crippen LogP contribution < -0.4 is 5.73 Å². The predicted molar refractivity (Wildman–Crippen MR) is 50.4 cm³/mol. The van der Waals surface area contributed by atoms with Crippen molar-refractivity contribution in [2.24, 2.45) is 16.1 Å². The molecular weight excluding hydrogens is 136 g/mol. The van der Waals surface area contributed by atoms with Crippen LogP contribution in [0.25, 0.3) is 0 Å². The predicted octanol–water partition coefficient (Wildman–Crippen LogP) is 2.09. The second kappa shape index (κ2) is 3.96. The molecule has 0 aliphatic heterocycles. The Bertz CT molecular complexity index is 182. The van der Waals surface area contributed by atoms with E-state index < -0.39 is 0 Å². The summed E-state index contributed by atoms with van der Waals surface area (Å²) in [7, 11) is 0. The van der Waals surface area contributed by atoms with Crippen molar-refractivity contribution in [3.8, 4) is 0 Å². The van der Waals surface area contributed by atoms with Crippen molar-refractivity contribution in [3.05, 3.63) is 24.6 Å². The van der Waals surface area contributed by atoms with Gasteiger partial charge < -0.3 is 5.73 Å². The summed E-state index contributed by atoms with van der Waals surface area (Å²) in [6, 6.07) is 0. The van der Waals surface area contributed by atoms with Crippen LogP contribution in [0.1, 0.15) is 20.8 Å². The van der Waals surface area contributed by atoms with Crippen molar-refractivity contribution < 1.29 is 0 Å². The van der Waals surface area contributed by atoms with E-state index in [0.717, 1.165) is 5.57 Å². The van der Waals surface area contributed by atoms with Gasteiger partial charge in [0.2, 0.25) is 0 Å². The highest BCUT2D eigenvalue weighted by Gasteiger charge is 2.13. The lowest BCUT2D eigenvalue weighted by molar-refractivity contribution is 0.525. The lowest BCUT2D eigenvalue weighted by Crippen LogP contribution is -2.12. The van der Waals surface area contributed by atoms with E-state index >= 15 is 0 Å².